The number of hydrogen-bond donors (Lipinski definition) is 0. The van der Waals surface area contributed by atoms with E-state index in [1.165, 1.54) is 0 Å². The molecule has 27 heavy (non-hydrogen) atoms. The summed E-state index contributed by atoms with van der Waals surface area (Å²) in [5, 5.41) is 0. The molecule has 0 saturated carbocycles. The van der Waals surface area contributed by atoms with E-state index in [9.17, 15) is 0 Å². The molecule has 0 spiro atoms. The normalized spacial score (nSPS) is 27.3. The molecule has 2 fully saturated rings. The highest BCUT2D eigenvalue weighted by molar-refractivity contribution is 6.62. The number of ether oxygens (including phenoxy) is 3. The van der Waals surface area contributed by atoms with Crippen LogP contribution in [-0.2, 0) is 25.3 Å². The Bertz CT molecular complexity index is 638. The first-order valence-corrected chi connectivity index (χ1v) is 9.51. The summed E-state index contributed by atoms with van der Waals surface area (Å²) in [5.41, 5.74) is 1.44. The fourth-order valence-corrected chi connectivity index (χ4v) is 3.69. The van der Waals surface area contributed by atoms with Gasteiger partial charge in [0, 0.05) is 33.9 Å². The minimum Gasteiger partial charge on any atom is -0.497 e. The average molecular weight is 377 g/mol. The highest BCUT2D eigenvalue weighted by Gasteiger charge is 2.52. The SMILES string of the molecule is COc1ccc(B2OC(C)(C)C(C)(C)O2)c(CN2CC(OC)C(OC)C2)c1. The highest BCUT2D eigenvalue weighted by Crippen LogP contribution is 2.37. The van der Waals surface area contributed by atoms with Crippen LogP contribution in [0.4, 0.5) is 0 Å². The molecule has 0 aliphatic carbocycles. The van der Waals surface area contributed by atoms with Gasteiger partial charge in [-0.25, -0.2) is 0 Å². The van der Waals surface area contributed by atoms with Crippen LogP contribution in [0.5, 0.6) is 5.75 Å². The molecule has 0 aromatic heterocycles. The molecule has 3 rings (SSSR count). The van der Waals surface area contributed by atoms with Crippen LogP contribution in [0, 0.1) is 0 Å². The van der Waals surface area contributed by atoms with Gasteiger partial charge in [-0.15, -0.1) is 0 Å². The third kappa shape index (κ3) is 4.03. The molecule has 2 atom stereocenters. The van der Waals surface area contributed by atoms with Crippen molar-refractivity contribution >= 4 is 12.6 Å². The summed E-state index contributed by atoms with van der Waals surface area (Å²) in [7, 11) is 4.77. The van der Waals surface area contributed by atoms with Crippen LogP contribution < -0.4 is 10.2 Å². The first-order chi connectivity index (χ1) is 12.7. The van der Waals surface area contributed by atoms with Crippen molar-refractivity contribution in [1.82, 2.24) is 4.90 Å². The van der Waals surface area contributed by atoms with Gasteiger partial charge in [-0.2, -0.15) is 0 Å². The highest BCUT2D eigenvalue weighted by atomic mass is 16.7. The molecule has 0 radical (unpaired) electrons. The topological polar surface area (TPSA) is 49.4 Å². The number of benzene rings is 1. The summed E-state index contributed by atoms with van der Waals surface area (Å²) >= 11 is 0. The molecule has 0 N–H and O–H groups in total. The lowest BCUT2D eigenvalue weighted by Gasteiger charge is -2.32. The smallest absolute Gasteiger partial charge is 0.495 e. The molecule has 150 valence electrons. The van der Waals surface area contributed by atoms with E-state index in [-0.39, 0.29) is 23.4 Å². The second-order valence-corrected chi connectivity index (χ2v) is 8.40. The maximum absolute atomic E-state index is 6.28. The van der Waals surface area contributed by atoms with Gasteiger partial charge in [-0.3, -0.25) is 4.90 Å². The average Bonchev–Trinajstić information content (AvgIpc) is 3.11. The van der Waals surface area contributed by atoms with Gasteiger partial charge < -0.3 is 23.5 Å². The molecule has 2 heterocycles. The largest absolute Gasteiger partial charge is 0.497 e. The number of likely N-dealkylation sites (tertiary alicyclic amines) is 1. The van der Waals surface area contributed by atoms with Gasteiger partial charge in [0.05, 0.1) is 30.5 Å². The zero-order valence-corrected chi connectivity index (χ0v) is 17.6. The lowest BCUT2D eigenvalue weighted by molar-refractivity contribution is -0.00461. The number of methoxy groups -OCH3 is 3. The quantitative estimate of drug-likeness (QED) is 0.706. The third-order valence-electron chi connectivity index (χ3n) is 6.15. The first-order valence-electron chi connectivity index (χ1n) is 9.51. The molecule has 0 bridgehead atoms. The standard InChI is InChI=1S/C20H32BNO5/c1-19(2)20(3,4)27-21(26-19)16-9-8-15(23-5)10-14(16)11-22-12-17(24-6)18(13-22)25-7/h8-10,17-18H,11-13H2,1-7H3. The molecule has 2 aliphatic rings. The third-order valence-corrected chi connectivity index (χ3v) is 6.15. The predicted molar refractivity (Wildman–Crippen MR) is 106 cm³/mol. The Labute approximate surface area is 163 Å². The zero-order valence-electron chi connectivity index (χ0n) is 17.6. The summed E-state index contributed by atoms with van der Waals surface area (Å²) in [4.78, 5) is 2.34. The van der Waals surface area contributed by atoms with Crippen LogP contribution in [0.25, 0.3) is 0 Å². The minimum absolute atomic E-state index is 0.0842. The van der Waals surface area contributed by atoms with Crippen molar-refractivity contribution in [3.8, 4) is 5.75 Å². The molecule has 2 aliphatic heterocycles. The van der Waals surface area contributed by atoms with Crippen LogP contribution in [0.2, 0.25) is 0 Å². The minimum atomic E-state index is -0.394. The molecule has 1 aromatic carbocycles. The molecule has 2 unspecified atom stereocenters. The van der Waals surface area contributed by atoms with Crippen molar-refractivity contribution in [2.24, 2.45) is 0 Å². The molecule has 2 saturated heterocycles. The van der Waals surface area contributed by atoms with Crippen LogP contribution in [0.1, 0.15) is 33.3 Å². The van der Waals surface area contributed by atoms with E-state index in [0.717, 1.165) is 36.4 Å². The van der Waals surface area contributed by atoms with Gasteiger partial charge in [0.1, 0.15) is 5.75 Å². The molecular weight excluding hydrogens is 345 g/mol. The van der Waals surface area contributed by atoms with Gasteiger partial charge in [0.25, 0.3) is 0 Å². The van der Waals surface area contributed by atoms with E-state index in [0.29, 0.717) is 0 Å². The fraction of sp³-hybridized carbons (Fsp3) is 0.700. The van der Waals surface area contributed by atoms with E-state index in [4.69, 9.17) is 23.5 Å². The Balaban J connectivity index is 1.85. The molecule has 0 amide bonds. The second kappa shape index (κ2) is 7.72. The van der Waals surface area contributed by atoms with Crippen LogP contribution >= 0.6 is 0 Å². The van der Waals surface area contributed by atoms with Gasteiger partial charge in [-0.1, -0.05) is 6.07 Å². The van der Waals surface area contributed by atoms with Crippen molar-refractivity contribution < 1.29 is 23.5 Å². The van der Waals surface area contributed by atoms with Crippen LogP contribution in [0.3, 0.4) is 0 Å². The van der Waals surface area contributed by atoms with Gasteiger partial charge in [-0.05, 0) is 50.9 Å². The Morgan fingerprint density at radius 1 is 1.00 bits per heavy atom. The second-order valence-electron chi connectivity index (χ2n) is 8.40. The maximum Gasteiger partial charge on any atom is 0.495 e. The van der Waals surface area contributed by atoms with E-state index in [2.05, 4.69) is 38.7 Å². The van der Waals surface area contributed by atoms with Crippen molar-refractivity contribution in [1.29, 1.82) is 0 Å². The monoisotopic (exact) mass is 377 g/mol. The maximum atomic E-state index is 6.28. The zero-order chi connectivity index (χ0) is 19.8. The lowest BCUT2D eigenvalue weighted by atomic mass is 9.75. The lowest BCUT2D eigenvalue weighted by Crippen LogP contribution is -2.41. The fourth-order valence-electron chi connectivity index (χ4n) is 3.69. The molecule has 7 heteroatoms. The van der Waals surface area contributed by atoms with Crippen molar-refractivity contribution in [2.75, 3.05) is 34.4 Å². The molecular formula is C20H32BNO5. The van der Waals surface area contributed by atoms with E-state index < -0.39 is 7.12 Å². The van der Waals surface area contributed by atoms with Gasteiger partial charge in [0.2, 0.25) is 0 Å². The van der Waals surface area contributed by atoms with Crippen LogP contribution in [-0.4, -0.2) is 69.8 Å². The van der Waals surface area contributed by atoms with Crippen molar-refractivity contribution in [3.05, 3.63) is 23.8 Å². The summed E-state index contributed by atoms with van der Waals surface area (Å²) in [6, 6.07) is 6.08. The van der Waals surface area contributed by atoms with E-state index in [1.807, 2.05) is 12.1 Å². The summed E-state index contributed by atoms with van der Waals surface area (Å²) in [6.45, 7) is 10.7. The summed E-state index contributed by atoms with van der Waals surface area (Å²) < 4.78 is 29.2. The van der Waals surface area contributed by atoms with E-state index >= 15 is 0 Å². The summed E-state index contributed by atoms with van der Waals surface area (Å²) in [5.74, 6) is 0.830. The molecule has 1 aromatic rings. The van der Waals surface area contributed by atoms with Crippen molar-refractivity contribution in [3.63, 3.8) is 0 Å². The Morgan fingerprint density at radius 3 is 2.04 bits per heavy atom. The van der Waals surface area contributed by atoms with Crippen molar-refractivity contribution in [2.45, 2.75) is 57.6 Å². The van der Waals surface area contributed by atoms with Gasteiger partial charge >= 0.3 is 7.12 Å². The number of rotatable bonds is 6. The summed E-state index contributed by atoms with van der Waals surface area (Å²) in [6.07, 6.45) is 0.168. The predicted octanol–water partition coefficient (Wildman–Crippen LogP) is 1.84. The van der Waals surface area contributed by atoms with Gasteiger partial charge in [0.15, 0.2) is 0 Å². The first kappa shape index (κ1) is 20.6. The molecule has 6 nitrogen and oxygen atoms in total. The number of hydrogen-bond acceptors (Lipinski definition) is 6. The van der Waals surface area contributed by atoms with E-state index in [1.54, 1.807) is 21.3 Å². The Morgan fingerprint density at radius 2 is 1.56 bits per heavy atom. The Hall–Kier alpha value is -1.12. The van der Waals surface area contributed by atoms with Crippen LogP contribution in [0.15, 0.2) is 18.2 Å². The Kier molecular flexibility index (Phi) is 5.89. The number of nitrogens with zero attached hydrogens (tertiary/aromatic N) is 1.